The molecule has 4 nitrogen and oxygen atoms in total. The number of hydrogen-bond donors (Lipinski definition) is 3. The summed E-state index contributed by atoms with van der Waals surface area (Å²) in [6.07, 6.45) is 6.53. The van der Waals surface area contributed by atoms with Crippen LogP contribution in [-0.4, -0.2) is 6.04 Å². The van der Waals surface area contributed by atoms with Crippen molar-refractivity contribution >= 4 is 11.3 Å². The van der Waals surface area contributed by atoms with Crippen LogP contribution in [0.25, 0.3) is 16.7 Å². The van der Waals surface area contributed by atoms with Crippen LogP contribution < -0.4 is 21.5 Å². The van der Waals surface area contributed by atoms with Crippen LogP contribution in [0.2, 0.25) is 0 Å². The summed E-state index contributed by atoms with van der Waals surface area (Å²) in [4.78, 5) is 0. The zero-order valence-corrected chi connectivity index (χ0v) is 30.5. The largest absolute Gasteiger partial charge is 0.312 e. The van der Waals surface area contributed by atoms with Gasteiger partial charge in [0.1, 0.15) is 6.17 Å². The van der Waals surface area contributed by atoms with Crippen LogP contribution in [0.15, 0.2) is 206 Å². The third kappa shape index (κ3) is 5.49. The zero-order chi connectivity index (χ0) is 36.8. The van der Waals surface area contributed by atoms with Crippen LogP contribution in [0, 0.1) is 0 Å². The van der Waals surface area contributed by atoms with Crippen molar-refractivity contribution in [1.29, 1.82) is 0 Å². The maximum Gasteiger partial charge on any atom is 0.102 e. The summed E-state index contributed by atoms with van der Waals surface area (Å²) < 4.78 is 0. The minimum atomic E-state index is -0.472. The second kappa shape index (κ2) is 13.8. The average Bonchev–Trinajstić information content (AvgIpc) is 3.74. The second-order valence-electron chi connectivity index (χ2n) is 14.7. The first-order valence-corrected chi connectivity index (χ1v) is 19.2. The monoisotopic (exact) mass is 710 g/mol. The average molecular weight is 711 g/mol. The van der Waals surface area contributed by atoms with Gasteiger partial charge in [0, 0.05) is 5.92 Å². The molecule has 1 aliphatic heterocycles. The van der Waals surface area contributed by atoms with E-state index in [2.05, 4.69) is 204 Å². The lowest BCUT2D eigenvalue weighted by atomic mass is 9.67. The van der Waals surface area contributed by atoms with Gasteiger partial charge in [-0.2, -0.15) is 0 Å². The summed E-state index contributed by atoms with van der Waals surface area (Å²) in [5.74, 6) is 0.0968. The molecule has 10 rings (SSSR count). The maximum absolute atomic E-state index is 6.91. The van der Waals surface area contributed by atoms with Gasteiger partial charge in [-0.3, -0.25) is 10.3 Å². The van der Waals surface area contributed by atoms with Crippen LogP contribution in [-0.2, 0) is 5.41 Å². The van der Waals surface area contributed by atoms with Gasteiger partial charge in [-0.05, 0) is 67.3 Å². The van der Waals surface area contributed by atoms with Crippen LogP contribution >= 0.6 is 0 Å². The summed E-state index contributed by atoms with van der Waals surface area (Å²) in [6.45, 7) is 0. The minimum absolute atomic E-state index is 0.00159. The van der Waals surface area contributed by atoms with Crippen molar-refractivity contribution in [2.45, 2.75) is 29.7 Å². The molecule has 0 fully saturated rings. The molecule has 0 aromatic heterocycles. The van der Waals surface area contributed by atoms with Gasteiger partial charge in [0.2, 0.25) is 0 Å². The van der Waals surface area contributed by atoms with Crippen molar-refractivity contribution in [2.24, 2.45) is 5.73 Å². The fourth-order valence-electron chi connectivity index (χ4n) is 9.33. The van der Waals surface area contributed by atoms with Crippen molar-refractivity contribution < 1.29 is 0 Å². The molecular weight excluding hydrogens is 669 g/mol. The molecule has 0 saturated heterocycles. The number of allylic oxidation sites excluding steroid dienone is 2. The van der Waals surface area contributed by atoms with Gasteiger partial charge >= 0.3 is 0 Å². The molecule has 3 aliphatic rings. The molecule has 266 valence electrons. The van der Waals surface area contributed by atoms with E-state index < -0.39 is 5.41 Å². The smallest absolute Gasteiger partial charge is 0.102 e. The van der Waals surface area contributed by atoms with Crippen LogP contribution in [0.3, 0.4) is 0 Å². The molecule has 2 aliphatic carbocycles. The quantitative estimate of drug-likeness (QED) is 0.131. The van der Waals surface area contributed by atoms with Crippen LogP contribution in [0.4, 0.5) is 5.69 Å². The van der Waals surface area contributed by atoms with E-state index in [0.29, 0.717) is 0 Å². The summed E-state index contributed by atoms with van der Waals surface area (Å²) in [6, 6.07) is 67.5. The molecule has 1 heterocycles. The first-order valence-electron chi connectivity index (χ1n) is 19.2. The standard InChI is InChI=1S/C51H42N4/c52-49(36-20-8-2-9-21-36)53-50(37-22-10-3-11-23-37)54-55-45-33-32-44-47(48(45)42-31-30-38(34-46(42)55)35-18-6-1-7-19-35)41-28-16-17-29-43(41)51(44,39-24-12-4-13-25-39)40-26-14-5-15-27-40/h1-34,42,46,49-50,53-54H,52H2. The fourth-order valence-corrected chi connectivity index (χ4v) is 9.33. The van der Waals surface area contributed by atoms with E-state index in [-0.39, 0.29) is 24.3 Å². The first-order chi connectivity index (χ1) is 27.2. The lowest BCUT2D eigenvalue weighted by Gasteiger charge is -2.36. The number of fused-ring (bicyclic) bond motifs is 7. The van der Waals surface area contributed by atoms with Crippen LogP contribution in [0.1, 0.15) is 62.8 Å². The minimum Gasteiger partial charge on any atom is -0.312 e. The molecule has 0 saturated carbocycles. The number of hydrogen-bond acceptors (Lipinski definition) is 4. The van der Waals surface area contributed by atoms with E-state index in [9.17, 15) is 0 Å². The Hall–Kier alpha value is -6.30. The lowest BCUT2D eigenvalue weighted by molar-refractivity contribution is 0.367. The molecule has 0 amide bonds. The number of nitrogens with zero attached hydrogens (tertiary/aromatic N) is 1. The van der Waals surface area contributed by atoms with Crippen molar-refractivity contribution in [3.8, 4) is 11.1 Å². The molecule has 0 radical (unpaired) electrons. The molecule has 7 aromatic carbocycles. The molecule has 4 unspecified atom stereocenters. The highest BCUT2D eigenvalue weighted by Crippen LogP contribution is 2.61. The van der Waals surface area contributed by atoms with Gasteiger partial charge in [-0.15, -0.1) is 0 Å². The van der Waals surface area contributed by atoms with Gasteiger partial charge < -0.3 is 5.73 Å². The third-order valence-electron chi connectivity index (χ3n) is 11.7. The molecular formula is C51H42N4. The predicted molar refractivity (Wildman–Crippen MR) is 225 cm³/mol. The molecule has 55 heavy (non-hydrogen) atoms. The third-order valence-corrected chi connectivity index (χ3v) is 11.7. The Labute approximate surface area is 323 Å². The number of anilines is 1. The Morgan fingerprint density at radius 3 is 1.78 bits per heavy atom. The molecule has 4 heteroatoms. The first kappa shape index (κ1) is 33.3. The summed E-state index contributed by atoms with van der Waals surface area (Å²) in [5, 5.41) is 6.16. The number of benzene rings is 7. The van der Waals surface area contributed by atoms with E-state index in [1.165, 1.54) is 55.8 Å². The van der Waals surface area contributed by atoms with Gasteiger partial charge in [-0.25, -0.2) is 5.43 Å². The highest BCUT2D eigenvalue weighted by molar-refractivity contribution is 5.93. The van der Waals surface area contributed by atoms with Gasteiger partial charge in [0.25, 0.3) is 0 Å². The van der Waals surface area contributed by atoms with Crippen molar-refractivity contribution in [3.05, 3.63) is 251 Å². The molecule has 4 atom stereocenters. The Morgan fingerprint density at radius 2 is 1.13 bits per heavy atom. The van der Waals surface area contributed by atoms with Crippen LogP contribution in [0.5, 0.6) is 0 Å². The van der Waals surface area contributed by atoms with Crippen molar-refractivity contribution in [1.82, 2.24) is 10.7 Å². The van der Waals surface area contributed by atoms with Gasteiger partial charge in [0.15, 0.2) is 0 Å². The van der Waals surface area contributed by atoms with E-state index in [0.717, 1.165) is 11.1 Å². The van der Waals surface area contributed by atoms with E-state index in [1.54, 1.807) is 0 Å². The van der Waals surface area contributed by atoms with Crippen molar-refractivity contribution in [2.75, 3.05) is 5.01 Å². The SMILES string of the molecule is NC(NC(NN1c2ccc3c(c2C2C=CC(c4ccccc4)=CC21)-c1ccccc1C3(c1ccccc1)c1ccccc1)c1ccccc1)c1ccccc1. The summed E-state index contributed by atoms with van der Waals surface area (Å²) >= 11 is 0. The Morgan fingerprint density at radius 1 is 0.564 bits per heavy atom. The number of nitrogens with two attached hydrogens (primary N) is 1. The van der Waals surface area contributed by atoms with Crippen molar-refractivity contribution in [3.63, 3.8) is 0 Å². The topological polar surface area (TPSA) is 53.3 Å². The normalized spacial score (nSPS) is 18.4. The Bertz CT molecular complexity index is 2470. The van der Waals surface area contributed by atoms with E-state index in [4.69, 9.17) is 5.73 Å². The number of rotatable bonds is 9. The molecule has 4 N–H and O–H groups in total. The molecule has 0 spiro atoms. The van der Waals surface area contributed by atoms with E-state index in [1.807, 2.05) is 18.2 Å². The predicted octanol–water partition coefficient (Wildman–Crippen LogP) is 10.4. The number of hydrazine groups is 1. The maximum atomic E-state index is 6.91. The fraction of sp³-hybridized carbons (Fsp3) is 0.0980. The highest BCUT2D eigenvalue weighted by Gasteiger charge is 2.50. The van der Waals surface area contributed by atoms with Gasteiger partial charge in [0.05, 0.1) is 23.3 Å². The molecule has 0 bridgehead atoms. The van der Waals surface area contributed by atoms with E-state index >= 15 is 0 Å². The lowest BCUT2D eigenvalue weighted by Crippen LogP contribution is -2.51. The van der Waals surface area contributed by atoms with Gasteiger partial charge in [-0.1, -0.05) is 200 Å². The Kier molecular flexibility index (Phi) is 8.37. The highest BCUT2D eigenvalue weighted by atomic mass is 15.6. The summed E-state index contributed by atoms with van der Waals surface area (Å²) in [7, 11) is 0. The zero-order valence-electron chi connectivity index (χ0n) is 30.5. The number of nitrogens with one attached hydrogen (secondary N) is 2. The summed E-state index contributed by atoms with van der Waals surface area (Å²) in [5.41, 5.74) is 25.3. The Balaban J connectivity index is 1.18. The second-order valence-corrected chi connectivity index (χ2v) is 14.7. The molecule has 7 aromatic rings.